The minimum absolute atomic E-state index is 0.0756. The fourth-order valence-corrected chi connectivity index (χ4v) is 2.23. The molecule has 5 heteroatoms. The number of hydrogen-bond acceptors (Lipinski definition) is 4. The summed E-state index contributed by atoms with van der Waals surface area (Å²) in [6, 6.07) is 0.108. The van der Waals surface area contributed by atoms with E-state index in [1.165, 1.54) is 0 Å². The van der Waals surface area contributed by atoms with Crippen LogP contribution in [0.1, 0.15) is 33.1 Å². The number of ether oxygens (including phenoxy) is 1. The van der Waals surface area contributed by atoms with Crippen LogP contribution < -0.4 is 5.73 Å². The highest BCUT2D eigenvalue weighted by Crippen LogP contribution is 2.19. The van der Waals surface area contributed by atoms with E-state index in [4.69, 9.17) is 10.5 Å². The predicted octanol–water partition coefficient (Wildman–Crippen LogP) is 0.525. The van der Waals surface area contributed by atoms with Gasteiger partial charge in [-0.25, -0.2) is 0 Å². The Hall–Kier alpha value is -1.10. The van der Waals surface area contributed by atoms with Crippen molar-refractivity contribution in [3.8, 4) is 0 Å². The molecule has 17 heavy (non-hydrogen) atoms. The fraction of sp³-hybridized carbons (Fsp3) is 0.833. The Bertz CT molecular complexity index is 281. The van der Waals surface area contributed by atoms with Crippen molar-refractivity contribution in [2.24, 2.45) is 11.7 Å². The normalized spacial score (nSPS) is 23.1. The van der Waals surface area contributed by atoms with Gasteiger partial charge in [-0.15, -0.1) is 0 Å². The predicted molar refractivity (Wildman–Crippen MR) is 64.2 cm³/mol. The average Bonchev–Trinajstić information content (AvgIpc) is 2.29. The van der Waals surface area contributed by atoms with Crippen molar-refractivity contribution in [3.63, 3.8) is 0 Å². The monoisotopic (exact) mass is 242 g/mol. The van der Waals surface area contributed by atoms with Crippen LogP contribution in [0.25, 0.3) is 0 Å². The minimum atomic E-state index is -0.238. The van der Waals surface area contributed by atoms with E-state index < -0.39 is 0 Å². The molecule has 0 aromatic rings. The molecule has 5 nitrogen and oxygen atoms in total. The van der Waals surface area contributed by atoms with Crippen LogP contribution >= 0.6 is 0 Å². The van der Waals surface area contributed by atoms with Crippen LogP contribution in [0.5, 0.6) is 0 Å². The van der Waals surface area contributed by atoms with Gasteiger partial charge in [0, 0.05) is 12.6 Å². The van der Waals surface area contributed by atoms with Crippen molar-refractivity contribution < 1.29 is 14.3 Å². The summed E-state index contributed by atoms with van der Waals surface area (Å²) in [6.07, 6.45) is 2.19. The Labute approximate surface area is 102 Å². The lowest BCUT2D eigenvalue weighted by Crippen LogP contribution is -2.45. The zero-order valence-corrected chi connectivity index (χ0v) is 10.6. The number of likely N-dealkylation sites (tertiary alicyclic amines) is 1. The number of esters is 1. The highest BCUT2D eigenvalue weighted by molar-refractivity contribution is 5.77. The van der Waals surface area contributed by atoms with Crippen LogP contribution in [0.4, 0.5) is 0 Å². The average molecular weight is 242 g/mol. The zero-order valence-electron chi connectivity index (χ0n) is 10.6. The number of amides is 1. The van der Waals surface area contributed by atoms with Crippen molar-refractivity contribution in [2.75, 3.05) is 19.7 Å². The second-order valence-corrected chi connectivity index (χ2v) is 4.59. The van der Waals surface area contributed by atoms with Crippen LogP contribution in [-0.4, -0.2) is 42.5 Å². The maximum atomic E-state index is 11.4. The van der Waals surface area contributed by atoms with Crippen molar-refractivity contribution >= 4 is 11.9 Å². The molecule has 0 aliphatic carbocycles. The third-order valence-corrected chi connectivity index (χ3v) is 3.25. The molecule has 0 spiro atoms. The lowest BCUT2D eigenvalue weighted by molar-refractivity contribution is -0.144. The molecule has 1 aliphatic heterocycles. The van der Waals surface area contributed by atoms with Crippen LogP contribution in [0, 0.1) is 5.92 Å². The first kappa shape index (κ1) is 14.0. The summed E-state index contributed by atoms with van der Waals surface area (Å²) in [5.74, 6) is -0.493. The Morgan fingerprint density at radius 1 is 1.53 bits per heavy atom. The quantitative estimate of drug-likeness (QED) is 0.714. The summed E-state index contributed by atoms with van der Waals surface area (Å²) in [5, 5.41) is 0. The van der Waals surface area contributed by atoms with Gasteiger partial charge in [0.2, 0.25) is 5.91 Å². The summed E-state index contributed by atoms with van der Waals surface area (Å²) in [5.41, 5.74) is 5.32. The molecule has 1 heterocycles. The number of hydrogen-bond donors (Lipinski definition) is 1. The van der Waals surface area contributed by atoms with Gasteiger partial charge in [-0.1, -0.05) is 0 Å². The van der Waals surface area contributed by atoms with Crippen LogP contribution in [0.2, 0.25) is 0 Å². The number of piperidine rings is 1. The van der Waals surface area contributed by atoms with E-state index >= 15 is 0 Å². The van der Waals surface area contributed by atoms with Gasteiger partial charge in [-0.05, 0) is 33.2 Å². The Balaban J connectivity index is 2.43. The first-order valence-electron chi connectivity index (χ1n) is 6.23. The second kappa shape index (κ2) is 6.59. The molecule has 0 bridgehead atoms. The molecule has 1 saturated heterocycles. The lowest BCUT2D eigenvalue weighted by Gasteiger charge is -2.35. The lowest BCUT2D eigenvalue weighted by atomic mass is 9.96. The first-order valence-corrected chi connectivity index (χ1v) is 6.23. The van der Waals surface area contributed by atoms with Gasteiger partial charge in [0.05, 0.1) is 18.9 Å². The zero-order chi connectivity index (χ0) is 12.8. The molecular formula is C12H22N2O3. The largest absolute Gasteiger partial charge is 0.466 e. The smallest absolute Gasteiger partial charge is 0.307 e. The third kappa shape index (κ3) is 4.34. The van der Waals surface area contributed by atoms with E-state index in [0.717, 1.165) is 19.4 Å². The molecule has 1 aliphatic rings. The van der Waals surface area contributed by atoms with Gasteiger partial charge in [-0.3, -0.25) is 14.5 Å². The first-order chi connectivity index (χ1) is 8.04. The van der Waals surface area contributed by atoms with Crippen LogP contribution in [0.3, 0.4) is 0 Å². The van der Waals surface area contributed by atoms with E-state index in [2.05, 4.69) is 4.90 Å². The molecule has 98 valence electrons. The molecule has 0 aromatic heterocycles. The molecule has 2 N–H and O–H groups in total. The maximum Gasteiger partial charge on any atom is 0.307 e. The second-order valence-electron chi connectivity index (χ2n) is 4.59. The van der Waals surface area contributed by atoms with Gasteiger partial charge in [0.15, 0.2) is 0 Å². The van der Waals surface area contributed by atoms with E-state index in [1.54, 1.807) is 6.92 Å². The van der Waals surface area contributed by atoms with Crippen molar-refractivity contribution in [2.45, 2.75) is 39.2 Å². The summed E-state index contributed by atoms with van der Waals surface area (Å²) in [7, 11) is 0. The molecule has 2 unspecified atom stereocenters. The number of rotatable bonds is 5. The van der Waals surface area contributed by atoms with E-state index in [0.29, 0.717) is 19.6 Å². The maximum absolute atomic E-state index is 11.4. The van der Waals surface area contributed by atoms with Crippen LogP contribution in [-0.2, 0) is 14.3 Å². The molecule has 1 fully saturated rings. The number of carbonyl (C=O) groups excluding carboxylic acids is 2. The standard InChI is InChI=1S/C12H22N2O3/c1-3-17-11(15)7-9(2)14-6-4-5-10(8-14)12(13)16/h9-10H,3-8H2,1-2H3,(H2,13,16). The summed E-state index contributed by atoms with van der Waals surface area (Å²) in [4.78, 5) is 24.7. The van der Waals surface area contributed by atoms with Crippen molar-refractivity contribution in [1.29, 1.82) is 0 Å². The van der Waals surface area contributed by atoms with Gasteiger partial charge in [0.25, 0.3) is 0 Å². The van der Waals surface area contributed by atoms with Crippen LogP contribution in [0.15, 0.2) is 0 Å². The molecule has 0 saturated carbocycles. The highest BCUT2D eigenvalue weighted by Gasteiger charge is 2.27. The molecule has 1 rings (SSSR count). The SMILES string of the molecule is CCOC(=O)CC(C)N1CCCC(C(N)=O)C1. The molecular weight excluding hydrogens is 220 g/mol. The van der Waals surface area contributed by atoms with E-state index in [9.17, 15) is 9.59 Å². The summed E-state index contributed by atoms with van der Waals surface area (Å²) in [6.45, 7) is 5.78. The Kier molecular flexibility index (Phi) is 5.41. The number of carbonyl (C=O) groups is 2. The topological polar surface area (TPSA) is 72.6 Å². The van der Waals surface area contributed by atoms with E-state index in [-0.39, 0.29) is 23.8 Å². The summed E-state index contributed by atoms with van der Waals surface area (Å²) < 4.78 is 4.92. The van der Waals surface area contributed by atoms with Gasteiger partial charge >= 0.3 is 5.97 Å². The van der Waals surface area contributed by atoms with E-state index in [1.807, 2.05) is 6.92 Å². The molecule has 0 aromatic carbocycles. The summed E-state index contributed by atoms with van der Waals surface area (Å²) >= 11 is 0. The third-order valence-electron chi connectivity index (χ3n) is 3.25. The van der Waals surface area contributed by atoms with Gasteiger partial charge in [-0.2, -0.15) is 0 Å². The van der Waals surface area contributed by atoms with Gasteiger partial charge in [0.1, 0.15) is 0 Å². The molecule has 1 amide bonds. The Morgan fingerprint density at radius 2 is 2.24 bits per heavy atom. The number of nitrogens with two attached hydrogens (primary N) is 1. The Morgan fingerprint density at radius 3 is 2.82 bits per heavy atom. The minimum Gasteiger partial charge on any atom is -0.466 e. The highest BCUT2D eigenvalue weighted by atomic mass is 16.5. The number of nitrogens with zero attached hydrogens (tertiary/aromatic N) is 1. The van der Waals surface area contributed by atoms with Crippen molar-refractivity contribution in [1.82, 2.24) is 4.90 Å². The van der Waals surface area contributed by atoms with Crippen molar-refractivity contribution in [3.05, 3.63) is 0 Å². The number of primary amides is 1. The molecule has 0 radical (unpaired) electrons. The fourth-order valence-electron chi connectivity index (χ4n) is 2.23. The molecule has 2 atom stereocenters. The van der Waals surface area contributed by atoms with Gasteiger partial charge < -0.3 is 10.5 Å².